The van der Waals surface area contributed by atoms with Gasteiger partial charge < -0.3 is 4.89 Å². The number of benzene rings is 2. The van der Waals surface area contributed by atoms with Gasteiger partial charge >= 0.3 is 29.4 Å². The van der Waals surface area contributed by atoms with Crippen molar-refractivity contribution in [2.75, 3.05) is 0 Å². The molecule has 0 spiro atoms. The van der Waals surface area contributed by atoms with E-state index in [0.29, 0.717) is 24.3 Å². The zero-order valence-corrected chi connectivity index (χ0v) is 19.3. The van der Waals surface area contributed by atoms with Gasteiger partial charge in [-0.15, -0.1) is 0 Å². The van der Waals surface area contributed by atoms with E-state index in [1.165, 1.54) is 0 Å². The first-order valence-electron chi connectivity index (χ1n) is 9.44. The number of alkyl halides is 6. The Balaban J connectivity index is 0.000000430. The number of halogens is 6. The maximum absolute atomic E-state index is 12.5. The summed E-state index contributed by atoms with van der Waals surface area (Å²) in [5, 5.41) is -0.601. The van der Waals surface area contributed by atoms with E-state index >= 15 is 0 Å². The molecular weight excluding hydrogens is 521 g/mol. The smallest absolute Gasteiger partial charge is 0.338 e. The molecule has 0 radical (unpaired) electrons. The first kappa shape index (κ1) is 29.5. The minimum absolute atomic E-state index is 0. The molecule has 0 amide bonds. The van der Waals surface area contributed by atoms with Crippen molar-refractivity contribution in [3.05, 3.63) is 120 Å². The molecule has 0 aliphatic heterocycles. The van der Waals surface area contributed by atoms with Crippen LogP contribution in [-0.2, 0) is 34.0 Å². The van der Waals surface area contributed by atoms with Crippen LogP contribution in [0.2, 0.25) is 0 Å². The van der Waals surface area contributed by atoms with Crippen molar-refractivity contribution in [3.8, 4) is 0 Å². The monoisotopic (exact) mass is 540 g/mol. The summed E-state index contributed by atoms with van der Waals surface area (Å²) in [6, 6.07) is 25.9. The molecule has 0 aliphatic rings. The molecule has 182 valence electrons. The molecule has 4 rings (SSSR count). The predicted molar refractivity (Wildman–Crippen MR) is 116 cm³/mol. The topological polar surface area (TPSA) is 37.3 Å². The third-order valence-corrected chi connectivity index (χ3v) is 6.20. The third kappa shape index (κ3) is 8.99. The quantitative estimate of drug-likeness (QED) is 0.132. The third-order valence-electron chi connectivity index (χ3n) is 4.20. The molecule has 0 aliphatic carbocycles. The molecule has 10 heteroatoms. The largest absolute Gasteiger partial charge is 2.00 e. The molecule has 0 atom stereocenters. The SMILES string of the molecule is O=P(O)(c1ccc(C(F)(F)F)cc1)c1ccc(C(F)(F)F)cc1.[Fe+2].c1cc[cH-]c1.c1cc[cH-]c1. The van der Waals surface area contributed by atoms with E-state index in [-0.39, 0.29) is 27.7 Å². The maximum Gasteiger partial charge on any atom is 2.00 e. The summed E-state index contributed by atoms with van der Waals surface area (Å²) in [5.41, 5.74) is -1.98. The second-order valence-electron chi connectivity index (χ2n) is 6.59. The Bertz CT molecular complexity index is 980. The molecule has 0 saturated carbocycles. The second kappa shape index (κ2) is 12.8. The van der Waals surface area contributed by atoms with Crippen LogP contribution in [0.5, 0.6) is 0 Å². The van der Waals surface area contributed by atoms with Gasteiger partial charge in [0.05, 0.1) is 11.1 Å². The molecular formula is C24H19F6FeO2P. The summed E-state index contributed by atoms with van der Waals surface area (Å²) in [7, 11) is -4.28. The first-order chi connectivity index (χ1) is 15.4. The molecule has 34 heavy (non-hydrogen) atoms. The Morgan fingerprint density at radius 2 is 0.853 bits per heavy atom. The molecule has 2 nitrogen and oxygen atoms in total. The van der Waals surface area contributed by atoms with Gasteiger partial charge in [-0.3, -0.25) is 4.57 Å². The fourth-order valence-electron chi connectivity index (χ4n) is 2.50. The second-order valence-corrected chi connectivity index (χ2v) is 8.77. The van der Waals surface area contributed by atoms with E-state index in [1.807, 2.05) is 60.7 Å². The molecule has 1 N–H and O–H groups in total. The molecule has 0 heterocycles. The van der Waals surface area contributed by atoms with E-state index in [9.17, 15) is 35.8 Å². The zero-order valence-electron chi connectivity index (χ0n) is 17.3. The average Bonchev–Trinajstić information content (AvgIpc) is 3.52. The van der Waals surface area contributed by atoms with Gasteiger partial charge in [-0.1, -0.05) is 0 Å². The van der Waals surface area contributed by atoms with Crippen molar-refractivity contribution >= 4 is 18.0 Å². The van der Waals surface area contributed by atoms with Gasteiger partial charge in [0.15, 0.2) is 0 Å². The fourth-order valence-corrected chi connectivity index (χ4v) is 3.90. The Morgan fingerprint density at radius 3 is 1.03 bits per heavy atom. The van der Waals surface area contributed by atoms with Crippen molar-refractivity contribution in [2.45, 2.75) is 12.4 Å². The van der Waals surface area contributed by atoms with Gasteiger partial charge in [0.1, 0.15) is 0 Å². The summed E-state index contributed by atoms with van der Waals surface area (Å²) >= 11 is 0. The summed E-state index contributed by atoms with van der Waals surface area (Å²) in [6.07, 6.45) is -9.18. The van der Waals surface area contributed by atoms with Crippen molar-refractivity contribution in [1.29, 1.82) is 0 Å². The summed E-state index contributed by atoms with van der Waals surface area (Å²) < 4.78 is 87.1. The van der Waals surface area contributed by atoms with Crippen LogP contribution >= 0.6 is 7.37 Å². The summed E-state index contributed by atoms with van der Waals surface area (Å²) in [6.45, 7) is 0. The van der Waals surface area contributed by atoms with Crippen LogP contribution in [-0.4, -0.2) is 4.89 Å². The van der Waals surface area contributed by atoms with E-state index in [1.54, 1.807) is 0 Å². The van der Waals surface area contributed by atoms with Crippen LogP contribution in [0.4, 0.5) is 26.3 Å². The average molecular weight is 540 g/mol. The van der Waals surface area contributed by atoms with Gasteiger partial charge in [-0.05, 0) is 48.5 Å². The van der Waals surface area contributed by atoms with Crippen LogP contribution in [0.15, 0.2) is 109 Å². The Kier molecular flexibility index (Phi) is 11.1. The van der Waals surface area contributed by atoms with Crippen molar-refractivity contribution in [3.63, 3.8) is 0 Å². The van der Waals surface area contributed by atoms with Gasteiger partial charge in [0, 0.05) is 10.6 Å². The van der Waals surface area contributed by atoms with Crippen LogP contribution in [0.1, 0.15) is 11.1 Å². The minimum Gasteiger partial charge on any atom is -0.338 e. The maximum atomic E-state index is 12.5. The van der Waals surface area contributed by atoms with Gasteiger partial charge in [-0.25, -0.2) is 24.3 Å². The molecule has 0 fully saturated rings. The van der Waals surface area contributed by atoms with E-state index in [4.69, 9.17) is 0 Å². The fraction of sp³-hybridized carbons (Fsp3) is 0.0833. The van der Waals surface area contributed by atoms with Gasteiger partial charge in [0.25, 0.3) is 7.37 Å². The van der Waals surface area contributed by atoms with E-state index < -0.39 is 30.8 Å². The Hall–Kier alpha value is -2.57. The number of rotatable bonds is 2. The van der Waals surface area contributed by atoms with E-state index in [2.05, 4.69) is 0 Å². The van der Waals surface area contributed by atoms with Crippen molar-refractivity contribution < 1.29 is 52.9 Å². The normalized spacial score (nSPS) is 11.3. The van der Waals surface area contributed by atoms with Crippen LogP contribution in [0.25, 0.3) is 0 Å². The minimum atomic E-state index is -4.59. The molecule has 0 aromatic heterocycles. The van der Waals surface area contributed by atoms with Crippen LogP contribution < -0.4 is 10.6 Å². The molecule has 4 aromatic rings. The zero-order chi connectivity index (χ0) is 24.5. The van der Waals surface area contributed by atoms with Crippen molar-refractivity contribution in [2.24, 2.45) is 0 Å². The molecule has 4 aromatic carbocycles. The van der Waals surface area contributed by atoms with Gasteiger partial charge in [0.2, 0.25) is 0 Å². The summed E-state index contributed by atoms with van der Waals surface area (Å²) in [4.78, 5) is 10.0. The van der Waals surface area contributed by atoms with Crippen LogP contribution in [0, 0.1) is 0 Å². The predicted octanol–water partition coefficient (Wildman–Crippen LogP) is 6.75. The molecule has 0 saturated heterocycles. The number of hydrogen-bond donors (Lipinski definition) is 1. The van der Waals surface area contributed by atoms with Crippen molar-refractivity contribution in [1.82, 2.24) is 0 Å². The Labute approximate surface area is 203 Å². The summed E-state index contributed by atoms with van der Waals surface area (Å²) in [5.74, 6) is 0. The van der Waals surface area contributed by atoms with E-state index in [0.717, 1.165) is 24.3 Å². The Morgan fingerprint density at radius 1 is 0.588 bits per heavy atom. The van der Waals surface area contributed by atoms with Gasteiger partial charge in [-0.2, -0.15) is 62.7 Å². The standard InChI is InChI=1S/C14H9F6O2P.2C5H5.Fe/c15-13(16,17)9-1-5-11(6-2-9)23(21,22)12-7-3-10(4-8-12)14(18,19)20;2*1-2-4-5-3-1;/h1-8H,(H,21,22);2*1-5H;/q;2*-1;+2. The number of hydrogen-bond acceptors (Lipinski definition) is 1. The van der Waals surface area contributed by atoms with Crippen LogP contribution in [0.3, 0.4) is 0 Å². The first-order valence-corrected chi connectivity index (χ1v) is 11.1. The molecule has 0 unspecified atom stereocenters. The molecule has 0 bridgehead atoms.